The van der Waals surface area contributed by atoms with Crippen LogP contribution < -0.4 is 5.32 Å². The molecule has 2 aromatic rings. The minimum absolute atomic E-state index is 0.313. The lowest BCUT2D eigenvalue weighted by Gasteiger charge is -2.16. The Kier molecular flexibility index (Phi) is 3.26. The van der Waals surface area contributed by atoms with Crippen molar-refractivity contribution >= 4 is 10.8 Å². The van der Waals surface area contributed by atoms with Gasteiger partial charge >= 0.3 is 0 Å². The molecule has 0 radical (unpaired) electrons. The van der Waals surface area contributed by atoms with E-state index >= 15 is 0 Å². The van der Waals surface area contributed by atoms with Crippen molar-refractivity contribution in [3.63, 3.8) is 0 Å². The lowest BCUT2D eigenvalue weighted by molar-refractivity contribution is 0.113. The summed E-state index contributed by atoms with van der Waals surface area (Å²) in [5, 5.41) is 6.06. The molecule has 0 spiro atoms. The highest BCUT2D eigenvalue weighted by Gasteiger charge is 2.23. The maximum Gasteiger partial charge on any atom is 0.0700 e. The third-order valence-electron chi connectivity index (χ3n) is 3.68. The Morgan fingerprint density at radius 2 is 2.22 bits per heavy atom. The van der Waals surface area contributed by atoms with Gasteiger partial charge in [0.1, 0.15) is 0 Å². The maximum atomic E-state index is 5.56. The van der Waals surface area contributed by atoms with Crippen LogP contribution in [0.4, 0.5) is 0 Å². The maximum absolute atomic E-state index is 5.56. The van der Waals surface area contributed by atoms with Crippen molar-refractivity contribution in [3.05, 3.63) is 42.2 Å². The van der Waals surface area contributed by atoms with Gasteiger partial charge < -0.3 is 10.1 Å². The van der Waals surface area contributed by atoms with E-state index in [0.717, 1.165) is 19.6 Å². The van der Waals surface area contributed by atoms with Crippen LogP contribution >= 0.6 is 0 Å². The van der Waals surface area contributed by atoms with Crippen LogP contribution in [0.25, 0.3) is 10.8 Å². The molecule has 18 heavy (non-hydrogen) atoms. The van der Waals surface area contributed by atoms with Crippen LogP contribution in [-0.2, 0) is 11.3 Å². The molecule has 1 aliphatic rings. The zero-order valence-electron chi connectivity index (χ0n) is 10.6. The number of benzene rings is 1. The van der Waals surface area contributed by atoms with E-state index in [2.05, 4.69) is 35.4 Å². The number of ether oxygens (including phenoxy) is 1. The molecular formula is C15H18N2O. The number of pyridine rings is 1. The van der Waals surface area contributed by atoms with E-state index in [1.807, 2.05) is 18.5 Å². The van der Waals surface area contributed by atoms with Gasteiger partial charge in [0.05, 0.1) is 6.10 Å². The summed E-state index contributed by atoms with van der Waals surface area (Å²) < 4.78 is 5.56. The Morgan fingerprint density at radius 1 is 1.33 bits per heavy atom. The highest BCUT2D eigenvalue weighted by atomic mass is 16.5. The minimum Gasteiger partial charge on any atom is -0.377 e. The predicted molar refractivity (Wildman–Crippen MR) is 72.4 cm³/mol. The second-order valence-electron chi connectivity index (χ2n) is 4.87. The van der Waals surface area contributed by atoms with Gasteiger partial charge in [-0.25, -0.2) is 0 Å². The van der Waals surface area contributed by atoms with Gasteiger partial charge in [0.15, 0.2) is 0 Å². The van der Waals surface area contributed by atoms with E-state index in [0.29, 0.717) is 12.1 Å². The molecule has 0 saturated carbocycles. The fourth-order valence-electron chi connectivity index (χ4n) is 2.56. The van der Waals surface area contributed by atoms with Crippen LogP contribution in [-0.4, -0.2) is 23.7 Å². The number of rotatable bonds is 3. The van der Waals surface area contributed by atoms with Crippen LogP contribution in [0.2, 0.25) is 0 Å². The normalized spacial score (nSPS) is 23.6. The first-order valence-corrected chi connectivity index (χ1v) is 6.51. The van der Waals surface area contributed by atoms with Crippen molar-refractivity contribution in [1.82, 2.24) is 10.3 Å². The van der Waals surface area contributed by atoms with Crippen LogP contribution in [0.3, 0.4) is 0 Å². The van der Waals surface area contributed by atoms with Gasteiger partial charge in [0.25, 0.3) is 0 Å². The number of nitrogens with zero attached hydrogens (tertiary/aromatic N) is 1. The summed E-state index contributed by atoms with van der Waals surface area (Å²) in [6.07, 6.45) is 5.28. The molecule has 1 aromatic carbocycles. The smallest absolute Gasteiger partial charge is 0.0700 e. The summed E-state index contributed by atoms with van der Waals surface area (Å²) in [5.74, 6) is 0. The Balaban J connectivity index is 1.78. The van der Waals surface area contributed by atoms with Crippen LogP contribution in [0.5, 0.6) is 0 Å². The van der Waals surface area contributed by atoms with Gasteiger partial charge in [0.2, 0.25) is 0 Å². The van der Waals surface area contributed by atoms with Crippen molar-refractivity contribution in [2.75, 3.05) is 6.61 Å². The fourth-order valence-corrected chi connectivity index (χ4v) is 2.56. The summed E-state index contributed by atoms with van der Waals surface area (Å²) in [6, 6.07) is 8.85. The molecule has 1 fully saturated rings. The molecule has 0 aliphatic carbocycles. The number of hydrogen-bond donors (Lipinski definition) is 1. The summed E-state index contributed by atoms with van der Waals surface area (Å²) >= 11 is 0. The van der Waals surface area contributed by atoms with Crippen LogP contribution in [0.15, 0.2) is 36.7 Å². The molecule has 3 nitrogen and oxygen atoms in total. The number of fused-ring (bicyclic) bond motifs is 1. The van der Waals surface area contributed by atoms with E-state index in [9.17, 15) is 0 Å². The monoisotopic (exact) mass is 242 g/mol. The predicted octanol–water partition coefficient (Wildman–Crippen LogP) is 2.50. The summed E-state index contributed by atoms with van der Waals surface area (Å²) in [7, 11) is 0. The molecule has 1 saturated heterocycles. The first-order valence-electron chi connectivity index (χ1n) is 6.51. The average molecular weight is 242 g/mol. The molecule has 1 aromatic heterocycles. The van der Waals surface area contributed by atoms with Crippen LogP contribution in [0, 0.1) is 0 Å². The van der Waals surface area contributed by atoms with E-state index in [1.54, 1.807) is 0 Å². The Morgan fingerprint density at radius 3 is 3.06 bits per heavy atom. The first kappa shape index (κ1) is 11.6. The second kappa shape index (κ2) is 5.04. The topological polar surface area (TPSA) is 34.1 Å². The molecule has 0 bridgehead atoms. The summed E-state index contributed by atoms with van der Waals surface area (Å²) in [6.45, 7) is 3.85. The molecule has 2 unspecified atom stereocenters. The van der Waals surface area contributed by atoms with Crippen molar-refractivity contribution in [2.24, 2.45) is 0 Å². The van der Waals surface area contributed by atoms with Crippen molar-refractivity contribution in [2.45, 2.75) is 32.0 Å². The quantitative estimate of drug-likeness (QED) is 0.898. The van der Waals surface area contributed by atoms with Gasteiger partial charge in [-0.1, -0.05) is 24.3 Å². The molecule has 3 rings (SSSR count). The largest absolute Gasteiger partial charge is 0.377 e. The number of nitrogens with one attached hydrogen (secondary N) is 1. The van der Waals surface area contributed by atoms with E-state index < -0.39 is 0 Å². The average Bonchev–Trinajstić information content (AvgIpc) is 2.82. The number of hydrogen-bond acceptors (Lipinski definition) is 3. The standard InChI is InChI=1S/C15H18N2O/c1-11-15(6-7-18-11)17-10-13-9-16-8-12-4-2-3-5-14(12)13/h2-5,8-9,11,15,17H,6-7,10H2,1H3. The van der Waals surface area contributed by atoms with Gasteiger partial charge in [-0.3, -0.25) is 4.98 Å². The van der Waals surface area contributed by atoms with E-state index in [-0.39, 0.29) is 0 Å². The highest BCUT2D eigenvalue weighted by molar-refractivity contribution is 5.84. The Labute approximate surface area is 107 Å². The molecule has 1 aliphatic heterocycles. The Bertz CT molecular complexity index is 536. The van der Waals surface area contributed by atoms with Crippen LogP contribution in [0.1, 0.15) is 18.9 Å². The van der Waals surface area contributed by atoms with Gasteiger partial charge in [-0.05, 0) is 24.3 Å². The lowest BCUT2D eigenvalue weighted by Crippen LogP contribution is -2.34. The van der Waals surface area contributed by atoms with Gasteiger partial charge in [-0.15, -0.1) is 0 Å². The van der Waals surface area contributed by atoms with Crippen molar-refractivity contribution in [3.8, 4) is 0 Å². The highest BCUT2D eigenvalue weighted by Crippen LogP contribution is 2.18. The third-order valence-corrected chi connectivity index (χ3v) is 3.68. The molecule has 0 amide bonds. The minimum atomic E-state index is 0.313. The Hall–Kier alpha value is -1.45. The van der Waals surface area contributed by atoms with E-state index in [1.165, 1.54) is 16.3 Å². The second-order valence-corrected chi connectivity index (χ2v) is 4.87. The van der Waals surface area contributed by atoms with Gasteiger partial charge in [0, 0.05) is 37.0 Å². The zero-order valence-corrected chi connectivity index (χ0v) is 10.6. The number of aromatic nitrogens is 1. The van der Waals surface area contributed by atoms with E-state index in [4.69, 9.17) is 4.74 Å². The fraction of sp³-hybridized carbons (Fsp3) is 0.400. The lowest BCUT2D eigenvalue weighted by atomic mass is 10.1. The zero-order chi connectivity index (χ0) is 12.4. The van der Waals surface area contributed by atoms with Gasteiger partial charge in [-0.2, -0.15) is 0 Å². The molecule has 1 N–H and O–H groups in total. The molecule has 2 atom stereocenters. The van der Waals surface area contributed by atoms with Crippen molar-refractivity contribution < 1.29 is 4.74 Å². The molecule has 3 heteroatoms. The SMILES string of the molecule is CC1OCCC1NCc1cncc2ccccc12. The van der Waals surface area contributed by atoms with Crippen molar-refractivity contribution in [1.29, 1.82) is 0 Å². The first-order chi connectivity index (χ1) is 8.84. The molecule has 2 heterocycles. The third kappa shape index (κ3) is 2.24. The summed E-state index contributed by atoms with van der Waals surface area (Å²) in [5.41, 5.74) is 1.26. The molecule has 94 valence electrons. The molecular weight excluding hydrogens is 224 g/mol. The summed E-state index contributed by atoms with van der Waals surface area (Å²) in [4.78, 5) is 4.31.